The van der Waals surface area contributed by atoms with Gasteiger partial charge in [0.15, 0.2) is 40.7 Å². The second-order valence-electron chi connectivity index (χ2n) is 17.6. The van der Waals surface area contributed by atoms with Gasteiger partial charge in [-0.15, -0.1) is 0 Å². The van der Waals surface area contributed by atoms with Gasteiger partial charge in [-0.1, -0.05) is 115 Å². The number of para-hydroxylation sites is 3. The van der Waals surface area contributed by atoms with Crippen molar-refractivity contribution in [2.75, 3.05) is 0 Å². The minimum atomic E-state index is -1.68. The molecule has 7 aromatic heterocycles. The molecule has 0 aliphatic carbocycles. The summed E-state index contributed by atoms with van der Waals surface area (Å²) in [7, 11) is 0. The number of benzene rings is 7. The Balaban J connectivity index is 1.14. The van der Waals surface area contributed by atoms with E-state index in [-0.39, 0.29) is 17.2 Å². The van der Waals surface area contributed by atoms with Crippen molar-refractivity contribution >= 4 is 65.4 Å². The smallest absolute Gasteiger partial charge is 0.173 e. The molecule has 7 aromatic carbocycles. The van der Waals surface area contributed by atoms with Crippen LogP contribution < -0.4 is 0 Å². The molecule has 0 aliphatic heterocycles. The standard InChI is InChI=1S/C60H33F4N9/c61-53-51(54(62)56(64)52(55(53)63)60-69-58(34-13-3-1-4-14-34)68-59(70-60)35-15-5-2-6-16-35)36-29-46(71-43-20-10-7-17-37(43)40-23-26-65-31-48(40)71)57(73-45-22-12-9-19-39(45)42-25-28-67-33-50(42)73)47(30-36)72-44-21-11-8-18-38(44)41-24-27-66-32-49(41)72/h1-33H. The first-order valence-corrected chi connectivity index (χ1v) is 23.3. The van der Waals surface area contributed by atoms with E-state index >= 15 is 17.6 Å². The molecular weight excluding hydrogens is 923 g/mol. The lowest BCUT2D eigenvalue weighted by Crippen LogP contribution is -2.11. The minimum absolute atomic E-state index is 0.0552. The van der Waals surface area contributed by atoms with Crippen molar-refractivity contribution in [3.63, 3.8) is 0 Å². The fourth-order valence-corrected chi connectivity index (χ4v) is 10.5. The maximum absolute atomic E-state index is 17.8. The van der Waals surface area contributed by atoms with Gasteiger partial charge in [0.25, 0.3) is 0 Å². The third-order valence-electron chi connectivity index (χ3n) is 13.7. The molecule has 0 spiro atoms. The van der Waals surface area contributed by atoms with Gasteiger partial charge in [-0.05, 0) is 54.1 Å². The summed E-state index contributed by atoms with van der Waals surface area (Å²) in [6.07, 6.45) is 10.4. The van der Waals surface area contributed by atoms with Gasteiger partial charge in [0.1, 0.15) is 0 Å². The lowest BCUT2D eigenvalue weighted by atomic mass is 9.98. The number of nitrogens with zero attached hydrogens (tertiary/aromatic N) is 9. The highest BCUT2D eigenvalue weighted by Gasteiger charge is 2.33. The number of rotatable bonds is 7. The maximum Gasteiger partial charge on any atom is 0.173 e. The lowest BCUT2D eigenvalue weighted by molar-refractivity contribution is 0.462. The van der Waals surface area contributed by atoms with Crippen molar-refractivity contribution in [1.29, 1.82) is 0 Å². The lowest BCUT2D eigenvalue weighted by Gasteiger charge is -2.24. The molecule has 0 radical (unpaired) electrons. The molecule has 0 amide bonds. The third-order valence-corrected chi connectivity index (χ3v) is 13.7. The number of aromatic nitrogens is 9. The number of pyridine rings is 3. The van der Waals surface area contributed by atoms with E-state index in [1.165, 1.54) is 0 Å². The third kappa shape index (κ3) is 6.34. The summed E-state index contributed by atoms with van der Waals surface area (Å²) in [6, 6.07) is 50.0. The summed E-state index contributed by atoms with van der Waals surface area (Å²) in [6.45, 7) is 0. The van der Waals surface area contributed by atoms with Crippen LogP contribution in [0.2, 0.25) is 0 Å². The van der Waals surface area contributed by atoms with Gasteiger partial charge in [-0.25, -0.2) is 32.5 Å². The van der Waals surface area contributed by atoms with Crippen LogP contribution in [0.5, 0.6) is 0 Å². The average molecular weight is 956 g/mol. The van der Waals surface area contributed by atoms with Crippen LogP contribution in [-0.4, -0.2) is 43.6 Å². The van der Waals surface area contributed by atoms with Gasteiger partial charge in [0.2, 0.25) is 0 Å². The van der Waals surface area contributed by atoms with Crippen molar-refractivity contribution in [1.82, 2.24) is 43.6 Å². The SMILES string of the molecule is Fc1c(F)c(-c2nc(-c3ccccc3)nc(-c3ccccc3)n2)c(F)c(F)c1-c1cc(-n2c3ccccc3c3ccncc32)c(-n2c3ccccc3c3ccncc32)c(-n2c3ccccc3c3ccncc32)c1. The van der Waals surface area contributed by atoms with Crippen LogP contribution in [0, 0.1) is 23.3 Å². The quantitative estimate of drug-likeness (QED) is 0.117. The van der Waals surface area contributed by atoms with Crippen molar-refractivity contribution in [3.05, 3.63) is 224 Å². The van der Waals surface area contributed by atoms with Crippen LogP contribution in [0.4, 0.5) is 17.6 Å². The first-order chi connectivity index (χ1) is 35.9. The van der Waals surface area contributed by atoms with E-state index in [2.05, 4.69) is 34.5 Å². The first-order valence-electron chi connectivity index (χ1n) is 23.3. The predicted octanol–water partition coefficient (Wildman–Crippen LogP) is 14.6. The van der Waals surface area contributed by atoms with Gasteiger partial charge in [0, 0.05) is 62.0 Å². The van der Waals surface area contributed by atoms with E-state index in [4.69, 9.17) is 0 Å². The second-order valence-corrected chi connectivity index (χ2v) is 17.6. The second kappa shape index (κ2) is 16.4. The van der Waals surface area contributed by atoms with Gasteiger partial charge in [-0.2, -0.15) is 0 Å². The fourth-order valence-electron chi connectivity index (χ4n) is 10.5. The summed E-state index contributed by atoms with van der Waals surface area (Å²) in [4.78, 5) is 27.3. The Morgan fingerprint density at radius 3 is 1.08 bits per heavy atom. The highest BCUT2D eigenvalue weighted by Crippen LogP contribution is 2.46. The molecular formula is C60H33F4N9. The Bertz CT molecular complexity index is 4180. The van der Waals surface area contributed by atoms with Crippen LogP contribution in [0.25, 0.3) is 128 Å². The van der Waals surface area contributed by atoms with Crippen molar-refractivity contribution < 1.29 is 17.6 Å². The number of hydrogen-bond donors (Lipinski definition) is 0. The summed E-state index contributed by atoms with van der Waals surface area (Å²) < 4.78 is 76.5. The molecule has 0 aliphatic rings. The molecule has 14 rings (SSSR count). The van der Waals surface area contributed by atoms with Crippen molar-refractivity contribution in [2.45, 2.75) is 0 Å². The highest BCUT2D eigenvalue weighted by atomic mass is 19.2. The average Bonchev–Trinajstić information content (AvgIpc) is 4.09. The van der Waals surface area contributed by atoms with Crippen LogP contribution in [0.1, 0.15) is 0 Å². The Hall–Kier alpha value is -9.88. The molecule has 0 saturated heterocycles. The van der Waals surface area contributed by atoms with E-state index < -0.39 is 40.2 Å². The topological polar surface area (TPSA) is 92.1 Å². The van der Waals surface area contributed by atoms with Crippen LogP contribution >= 0.6 is 0 Å². The highest BCUT2D eigenvalue weighted by molar-refractivity contribution is 6.13. The summed E-state index contributed by atoms with van der Waals surface area (Å²) >= 11 is 0. The molecule has 0 fully saturated rings. The fraction of sp³-hybridized carbons (Fsp3) is 0. The minimum Gasteiger partial charge on any atom is -0.305 e. The van der Waals surface area contributed by atoms with Gasteiger partial charge in [-0.3, -0.25) is 15.0 Å². The Kier molecular flexibility index (Phi) is 9.42. The van der Waals surface area contributed by atoms with E-state index in [0.29, 0.717) is 39.2 Å². The maximum atomic E-state index is 17.8. The number of fused-ring (bicyclic) bond motifs is 9. The van der Waals surface area contributed by atoms with E-state index in [1.807, 2.05) is 100 Å². The molecule has 346 valence electrons. The zero-order valence-corrected chi connectivity index (χ0v) is 38.1. The molecule has 7 heterocycles. The van der Waals surface area contributed by atoms with Gasteiger partial charge < -0.3 is 13.7 Å². The number of hydrogen-bond acceptors (Lipinski definition) is 6. The monoisotopic (exact) mass is 955 g/mol. The van der Waals surface area contributed by atoms with Crippen molar-refractivity contribution in [3.8, 4) is 62.4 Å². The molecule has 0 saturated carbocycles. The predicted molar refractivity (Wildman–Crippen MR) is 278 cm³/mol. The zero-order chi connectivity index (χ0) is 48.9. The molecule has 13 heteroatoms. The summed E-state index contributed by atoms with van der Waals surface area (Å²) in [5, 5.41) is 5.30. The summed E-state index contributed by atoms with van der Waals surface area (Å²) in [5.41, 5.74) is 4.57. The molecule has 14 aromatic rings. The van der Waals surface area contributed by atoms with E-state index in [0.717, 1.165) is 54.4 Å². The molecule has 0 atom stereocenters. The van der Waals surface area contributed by atoms with Crippen LogP contribution in [-0.2, 0) is 0 Å². The molecule has 9 nitrogen and oxygen atoms in total. The van der Waals surface area contributed by atoms with Crippen LogP contribution in [0.15, 0.2) is 201 Å². The largest absolute Gasteiger partial charge is 0.305 e. The normalized spacial score (nSPS) is 11.8. The van der Waals surface area contributed by atoms with Gasteiger partial charge >= 0.3 is 0 Å². The van der Waals surface area contributed by atoms with Crippen molar-refractivity contribution in [2.24, 2.45) is 0 Å². The van der Waals surface area contributed by atoms with Crippen LogP contribution in [0.3, 0.4) is 0 Å². The molecule has 0 N–H and O–H groups in total. The molecule has 73 heavy (non-hydrogen) atoms. The molecule has 0 unspecified atom stereocenters. The Morgan fingerprint density at radius 1 is 0.301 bits per heavy atom. The number of halogens is 4. The van der Waals surface area contributed by atoms with Gasteiger partial charge in [0.05, 0.1) is 79.9 Å². The Labute approximate surface area is 411 Å². The zero-order valence-electron chi connectivity index (χ0n) is 38.1. The first kappa shape index (κ1) is 42.0. The molecule has 0 bridgehead atoms. The van der Waals surface area contributed by atoms with E-state index in [1.54, 1.807) is 110 Å². The van der Waals surface area contributed by atoms with E-state index in [9.17, 15) is 0 Å². The summed E-state index contributed by atoms with van der Waals surface area (Å²) in [5.74, 6) is -7.12. The Morgan fingerprint density at radius 2 is 0.644 bits per heavy atom.